The number of ketones is 1. The summed E-state index contributed by atoms with van der Waals surface area (Å²) in [5.41, 5.74) is 0.118. The van der Waals surface area contributed by atoms with E-state index in [-0.39, 0.29) is 17.6 Å². The van der Waals surface area contributed by atoms with Gasteiger partial charge >= 0.3 is 0 Å². The van der Waals surface area contributed by atoms with Gasteiger partial charge < -0.3 is 9.94 Å². The number of carbonyl (C=O) groups is 1. The first-order valence-corrected chi connectivity index (χ1v) is 3.08. The molecule has 0 spiro atoms. The molecule has 0 aromatic rings. The Labute approximate surface area is 58.5 Å². The van der Waals surface area contributed by atoms with Gasteiger partial charge in [-0.25, -0.2) is 0 Å². The van der Waals surface area contributed by atoms with Crippen molar-refractivity contribution in [1.82, 2.24) is 0 Å². The van der Waals surface area contributed by atoms with Crippen LogP contribution < -0.4 is 0 Å². The van der Waals surface area contributed by atoms with E-state index in [1.54, 1.807) is 13.8 Å². The van der Waals surface area contributed by atoms with Crippen LogP contribution in [-0.4, -0.2) is 28.9 Å². The minimum absolute atomic E-state index is 0.118. The second-order valence-corrected chi connectivity index (χ2v) is 2.27. The zero-order chi connectivity index (χ0) is 7.72. The van der Waals surface area contributed by atoms with Gasteiger partial charge in [-0.1, -0.05) is 5.16 Å². The highest BCUT2D eigenvalue weighted by Crippen LogP contribution is 2.12. The van der Waals surface area contributed by atoms with Crippen molar-refractivity contribution in [3.05, 3.63) is 0 Å². The minimum atomic E-state index is -0.458. The third-order valence-electron chi connectivity index (χ3n) is 1.52. The van der Waals surface area contributed by atoms with E-state index < -0.39 is 6.10 Å². The third kappa shape index (κ3) is 0.903. The first-order chi connectivity index (χ1) is 4.66. The van der Waals surface area contributed by atoms with Gasteiger partial charge in [-0.3, -0.25) is 4.79 Å². The molecule has 10 heavy (non-hydrogen) atoms. The first-order valence-electron chi connectivity index (χ1n) is 3.08. The van der Waals surface area contributed by atoms with Crippen molar-refractivity contribution in [2.24, 2.45) is 5.16 Å². The first kappa shape index (κ1) is 7.21. The zero-order valence-electron chi connectivity index (χ0n) is 5.87. The fraction of sp³-hybridized carbons (Fsp3) is 0.667. The van der Waals surface area contributed by atoms with E-state index in [1.165, 1.54) is 0 Å². The van der Waals surface area contributed by atoms with Gasteiger partial charge in [-0.05, 0) is 13.8 Å². The molecule has 1 saturated heterocycles. The molecule has 0 bridgehead atoms. The summed E-state index contributed by atoms with van der Waals surface area (Å²) in [6, 6.07) is 0. The average molecular weight is 143 g/mol. The van der Waals surface area contributed by atoms with Crippen LogP contribution in [0.4, 0.5) is 0 Å². The molecule has 1 aliphatic rings. The summed E-state index contributed by atoms with van der Waals surface area (Å²) >= 11 is 0. The third-order valence-corrected chi connectivity index (χ3v) is 1.52. The number of hydrogen-bond donors (Lipinski definition) is 1. The van der Waals surface area contributed by atoms with E-state index >= 15 is 0 Å². The highest BCUT2D eigenvalue weighted by molar-refractivity contribution is 6.44. The Morgan fingerprint density at radius 1 is 1.50 bits per heavy atom. The van der Waals surface area contributed by atoms with Gasteiger partial charge in [0.1, 0.15) is 12.2 Å². The van der Waals surface area contributed by atoms with Gasteiger partial charge in [0.2, 0.25) is 5.78 Å². The molecular weight excluding hydrogens is 134 g/mol. The summed E-state index contributed by atoms with van der Waals surface area (Å²) in [6.45, 7) is 3.31. The minimum Gasteiger partial charge on any atom is -0.410 e. The zero-order valence-corrected chi connectivity index (χ0v) is 5.87. The summed E-state index contributed by atoms with van der Waals surface area (Å²) in [6.07, 6.45) is -0.826. The second-order valence-electron chi connectivity index (χ2n) is 2.27. The lowest BCUT2D eigenvalue weighted by molar-refractivity contribution is -0.119. The number of nitrogens with zero attached hydrogens (tertiary/aromatic N) is 1. The van der Waals surface area contributed by atoms with Gasteiger partial charge in [0.05, 0.1) is 0 Å². The van der Waals surface area contributed by atoms with Crippen LogP contribution in [0.15, 0.2) is 5.16 Å². The molecule has 1 heterocycles. The van der Waals surface area contributed by atoms with Gasteiger partial charge in [0, 0.05) is 0 Å². The molecule has 56 valence electrons. The monoisotopic (exact) mass is 143 g/mol. The lowest BCUT2D eigenvalue weighted by Crippen LogP contribution is -2.18. The summed E-state index contributed by atoms with van der Waals surface area (Å²) in [4.78, 5) is 10.9. The predicted molar refractivity (Wildman–Crippen MR) is 34.2 cm³/mol. The van der Waals surface area contributed by atoms with Crippen LogP contribution in [0.5, 0.6) is 0 Å². The number of Topliss-reactive ketones (excluding diaryl/α,β-unsaturated/α-hetero) is 1. The topological polar surface area (TPSA) is 58.9 Å². The van der Waals surface area contributed by atoms with Crippen molar-refractivity contribution in [3.8, 4) is 0 Å². The van der Waals surface area contributed by atoms with Crippen molar-refractivity contribution in [2.45, 2.75) is 26.1 Å². The van der Waals surface area contributed by atoms with Crippen LogP contribution in [-0.2, 0) is 9.53 Å². The maximum atomic E-state index is 10.9. The lowest BCUT2D eigenvalue weighted by Gasteiger charge is -1.99. The molecule has 0 aromatic heterocycles. The Morgan fingerprint density at radius 2 is 2.10 bits per heavy atom. The largest absolute Gasteiger partial charge is 0.410 e. The summed E-state index contributed by atoms with van der Waals surface area (Å²) in [5.74, 6) is -0.227. The van der Waals surface area contributed by atoms with E-state index in [9.17, 15) is 4.79 Å². The van der Waals surface area contributed by atoms with Crippen molar-refractivity contribution >= 4 is 11.5 Å². The molecule has 1 rings (SSSR count). The quantitative estimate of drug-likeness (QED) is 0.389. The molecule has 1 fully saturated rings. The molecule has 4 heteroatoms. The highest BCUT2D eigenvalue weighted by Gasteiger charge is 2.34. The normalized spacial score (nSPS) is 37.4. The number of ether oxygens (including phenoxy) is 1. The molecule has 0 aliphatic carbocycles. The fourth-order valence-electron chi connectivity index (χ4n) is 0.972. The van der Waals surface area contributed by atoms with Crippen LogP contribution in [0.2, 0.25) is 0 Å². The van der Waals surface area contributed by atoms with Gasteiger partial charge in [-0.2, -0.15) is 0 Å². The molecule has 1 aliphatic heterocycles. The maximum absolute atomic E-state index is 10.9. The van der Waals surface area contributed by atoms with Crippen LogP contribution in [0.3, 0.4) is 0 Å². The van der Waals surface area contributed by atoms with Crippen LogP contribution in [0.1, 0.15) is 13.8 Å². The fourth-order valence-corrected chi connectivity index (χ4v) is 0.972. The van der Waals surface area contributed by atoms with Gasteiger partial charge in [0.25, 0.3) is 0 Å². The van der Waals surface area contributed by atoms with Crippen LogP contribution >= 0.6 is 0 Å². The maximum Gasteiger partial charge on any atom is 0.211 e. The Kier molecular flexibility index (Phi) is 1.72. The standard InChI is InChI=1S/C6H9NO3/c1-3-5(7-9)6(8)4(2)10-3/h3-4,9H,1-2H3. The van der Waals surface area contributed by atoms with E-state index in [4.69, 9.17) is 9.94 Å². The van der Waals surface area contributed by atoms with Gasteiger partial charge in [0.15, 0.2) is 5.71 Å². The highest BCUT2D eigenvalue weighted by atomic mass is 16.5. The lowest BCUT2D eigenvalue weighted by atomic mass is 10.1. The van der Waals surface area contributed by atoms with Crippen LogP contribution in [0, 0.1) is 0 Å². The molecule has 4 nitrogen and oxygen atoms in total. The van der Waals surface area contributed by atoms with Crippen molar-refractivity contribution in [3.63, 3.8) is 0 Å². The molecule has 0 radical (unpaired) electrons. The SMILES string of the molecule is CC1OC(C)C(=NO)C1=O. The van der Waals surface area contributed by atoms with E-state index in [0.717, 1.165) is 0 Å². The Morgan fingerprint density at radius 3 is 2.30 bits per heavy atom. The summed E-state index contributed by atoms with van der Waals surface area (Å²) in [5, 5.41) is 11.2. The summed E-state index contributed by atoms with van der Waals surface area (Å²) in [7, 11) is 0. The van der Waals surface area contributed by atoms with Gasteiger partial charge in [-0.15, -0.1) is 0 Å². The average Bonchev–Trinajstić information content (AvgIpc) is 2.09. The Bertz CT molecular complexity index is 187. The molecule has 1 N–H and O–H groups in total. The number of hydrogen-bond acceptors (Lipinski definition) is 4. The van der Waals surface area contributed by atoms with E-state index in [1.807, 2.05) is 0 Å². The van der Waals surface area contributed by atoms with E-state index in [0.29, 0.717) is 0 Å². The number of rotatable bonds is 0. The molecule has 0 saturated carbocycles. The van der Waals surface area contributed by atoms with Crippen molar-refractivity contribution in [1.29, 1.82) is 0 Å². The molecule has 0 amide bonds. The van der Waals surface area contributed by atoms with Crippen molar-refractivity contribution < 1.29 is 14.7 Å². The van der Waals surface area contributed by atoms with Crippen LogP contribution in [0.25, 0.3) is 0 Å². The number of carbonyl (C=O) groups excluding carboxylic acids is 1. The molecule has 2 unspecified atom stereocenters. The molecule has 2 atom stereocenters. The molecular formula is C6H9NO3. The Hall–Kier alpha value is -0.900. The Balaban J connectivity index is 2.85. The predicted octanol–water partition coefficient (Wildman–Crippen LogP) is 0.193. The summed E-state index contributed by atoms with van der Waals surface area (Å²) < 4.78 is 5.04. The van der Waals surface area contributed by atoms with E-state index in [2.05, 4.69) is 5.16 Å². The van der Waals surface area contributed by atoms with Crippen molar-refractivity contribution in [2.75, 3.05) is 0 Å². The smallest absolute Gasteiger partial charge is 0.211 e. The molecule has 0 aromatic carbocycles. The number of oxime groups is 1. The second kappa shape index (κ2) is 2.38.